The third-order valence-electron chi connectivity index (χ3n) is 2.94. The van der Waals surface area contributed by atoms with E-state index in [9.17, 15) is 18.4 Å². The molecule has 0 spiro atoms. The summed E-state index contributed by atoms with van der Waals surface area (Å²) in [5.74, 6) is -1.61. The van der Waals surface area contributed by atoms with E-state index in [4.69, 9.17) is 5.11 Å². The quantitative estimate of drug-likeness (QED) is 0.892. The van der Waals surface area contributed by atoms with Crippen LogP contribution in [0, 0.1) is 0 Å². The number of rotatable bonds is 5. The first-order valence-electron chi connectivity index (χ1n) is 5.90. The molecule has 0 heterocycles. The van der Waals surface area contributed by atoms with Crippen LogP contribution in [0.4, 0.5) is 8.78 Å². The highest BCUT2D eigenvalue weighted by Crippen LogP contribution is 2.28. The molecule has 1 aliphatic rings. The molecular weight excluding hydrogens is 256 g/mol. The molecule has 0 aliphatic heterocycles. The summed E-state index contributed by atoms with van der Waals surface area (Å²) in [7, 11) is 0. The number of aliphatic carboxylic acids is 1. The number of halogens is 2. The van der Waals surface area contributed by atoms with Crippen LogP contribution in [0.2, 0.25) is 0 Å². The van der Waals surface area contributed by atoms with E-state index in [1.165, 1.54) is 23.1 Å². The zero-order valence-corrected chi connectivity index (χ0v) is 10.1. The van der Waals surface area contributed by atoms with Gasteiger partial charge in [0.25, 0.3) is 12.3 Å². The van der Waals surface area contributed by atoms with E-state index in [-0.39, 0.29) is 17.2 Å². The van der Waals surface area contributed by atoms with E-state index in [2.05, 4.69) is 0 Å². The number of amides is 1. The van der Waals surface area contributed by atoms with Gasteiger partial charge in [0.1, 0.15) is 6.54 Å². The van der Waals surface area contributed by atoms with Crippen molar-refractivity contribution in [3.8, 4) is 0 Å². The minimum Gasteiger partial charge on any atom is -0.480 e. The summed E-state index contributed by atoms with van der Waals surface area (Å²) in [6, 6.07) is 5.06. The molecule has 0 aromatic heterocycles. The van der Waals surface area contributed by atoms with Crippen molar-refractivity contribution in [3.05, 3.63) is 35.4 Å². The molecule has 1 aliphatic carbocycles. The maximum absolute atomic E-state index is 12.6. The molecule has 0 radical (unpaired) electrons. The highest BCUT2D eigenvalue weighted by atomic mass is 19.3. The lowest BCUT2D eigenvalue weighted by molar-refractivity contribution is -0.137. The van der Waals surface area contributed by atoms with Crippen molar-refractivity contribution in [1.82, 2.24) is 4.90 Å². The van der Waals surface area contributed by atoms with E-state index in [0.29, 0.717) is 0 Å². The van der Waals surface area contributed by atoms with Gasteiger partial charge in [-0.3, -0.25) is 9.59 Å². The van der Waals surface area contributed by atoms with Crippen LogP contribution >= 0.6 is 0 Å². The SMILES string of the molecule is O=C(O)CN(C(=O)c1cccc(C(F)F)c1)C1CC1. The van der Waals surface area contributed by atoms with Crippen LogP contribution < -0.4 is 0 Å². The van der Waals surface area contributed by atoms with E-state index in [1.807, 2.05) is 0 Å². The average molecular weight is 269 g/mol. The topological polar surface area (TPSA) is 57.6 Å². The largest absolute Gasteiger partial charge is 0.480 e. The molecule has 1 aromatic carbocycles. The summed E-state index contributed by atoms with van der Waals surface area (Å²) in [6.07, 6.45) is -1.14. The molecular formula is C13H13F2NO3. The number of alkyl halides is 2. The van der Waals surface area contributed by atoms with Crippen LogP contribution in [0.3, 0.4) is 0 Å². The number of carboxylic acids is 1. The lowest BCUT2D eigenvalue weighted by atomic mass is 10.1. The zero-order valence-electron chi connectivity index (χ0n) is 10.1. The summed E-state index contributed by atoms with van der Waals surface area (Å²) < 4.78 is 25.1. The summed E-state index contributed by atoms with van der Waals surface area (Å²) in [6.45, 7) is -0.400. The lowest BCUT2D eigenvalue weighted by Gasteiger charge is -2.20. The fraction of sp³-hybridized carbons (Fsp3) is 0.385. The molecule has 1 saturated carbocycles. The van der Waals surface area contributed by atoms with Gasteiger partial charge in [0.2, 0.25) is 0 Å². The van der Waals surface area contributed by atoms with E-state index >= 15 is 0 Å². The Hall–Kier alpha value is -1.98. The highest BCUT2D eigenvalue weighted by Gasteiger charge is 2.34. The summed E-state index contributed by atoms with van der Waals surface area (Å²) >= 11 is 0. The van der Waals surface area contributed by atoms with Gasteiger partial charge in [0.15, 0.2) is 0 Å². The maximum atomic E-state index is 12.6. The molecule has 1 aromatic rings. The van der Waals surface area contributed by atoms with Crippen molar-refractivity contribution in [3.63, 3.8) is 0 Å². The molecule has 0 atom stereocenters. The molecule has 1 amide bonds. The molecule has 1 fully saturated rings. The molecule has 102 valence electrons. The third-order valence-corrected chi connectivity index (χ3v) is 2.94. The van der Waals surface area contributed by atoms with Crippen LogP contribution in [-0.2, 0) is 4.79 Å². The number of hydrogen-bond acceptors (Lipinski definition) is 2. The Morgan fingerprint density at radius 3 is 2.58 bits per heavy atom. The van der Waals surface area contributed by atoms with Gasteiger partial charge in [0, 0.05) is 17.2 Å². The van der Waals surface area contributed by atoms with Crippen molar-refractivity contribution < 1.29 is 23.5 Å². The van der Waals surface area contributed by atoms with Crippen LogP contribution in [0.15, 0.2) is 24.3 Å². The van der Waals surface area contributed by atoms with Gasteiger partial charge in [-0.1, -0.05) is 12.1 Å². The van der Waals surface area contributed by atoms with E-state index < -0.39 is 24.8 Å². The third kappa shape index (κ3) is 3.27. The second kappa shape index (κ2) is 5.34. The number of carbonyl (C=O) groups excluding carboxylic acids is 1. The summed E-state index contributed by atoms with van der Waals surface area (Å²) in [5.41, 5.74) is -0.136. The maximum Gasteiger partial charge on any atom is 0.323 e. The summed E-state index contributed by atoms with van der Waals surface area (Å²) in [5, 5.41) is 8.79. The molecule has 6 heteroatoms. The Morgan fingerprint density at radius 2 is 2.05 bits per heavy atom. The first kappa shape index (κ1) is 13.5. The molecule has 4 nitrogen and oxygen atoms in total. The van der Waals surface area contributed by atoms with Crippen molar-refractivity contribution in [1.29, 1.82) is 0 Å². The minimum atomic E-state index is -2.65. The van der Waals surface area contributed by atoms with Crippen LogP contribution in [-0.4, -0.2) is 34.5 Å². The minimum absolute atomic E-state index is 0.0844. The monoisotopic (exact) mass is 269 g/mol. The normalized spacial score (nSPS) is 14.5. The Morgan fingerprint density at radius 1 is 1.37 bits per heavy atom. The lowest BCUT2D eigenvalue weighted by Crippen LogP contribution is -2.37. The van der Waals surface area contributed by atoms with Crippen molar-refractivity contribution >= 4 is 11.9 Å². The summed E-state index contributed by atoms with van der Waals surface area (Å²) in [4.78, 5) is 24.1. The highest BCUT2D eigenvalue weighted by molar-refractivity contribution is 5.96. The van der Waals surface area contributed by atoms with Gasteiger partial charge in [-0.2, -0.15) is 0 Å². The Balaban J connectivity index is 2.21. The fourth-order valence-corrected chi connectivity index (χ4v) is 1.87. The molecule has 0 unspecified atom stereocenters. The van der Waals surface area contributed by atoms with Gasteiger partial charge >= 0.3 is 5.97 Å². The second-order valence-electron chi connectivity index (χ2n) is 4.48. The Labute approximate surface area is 108 Å². The molecule has 0 bridgehead atoms. The van der Waals surface area contributed by atoms with Crippen molar-refractivity contribution in [2.45, 2.75) is 25.3 Å². The Bertz CT molecular complexity index is 500. The number of hydrogen-bond donors (Lipinski definition) is 1. The van der Waals surface area contributed by atoms with Gasteiger partial charge in [-0.05, 0) is 25.0 Å². The van der Waals surface area contributed by atoms with Crippen LogP contribution in [0.1, 0.15) is 35.2 Å². The second-order valence-corrected chi connectivity index (χ2v) is 4.48. The molecule has 2 rings (SSSR count). The first-order valence-corrected chi connectivity index (χ1v) is 5.90. The van der Waals surface area contributed by atoms with Gasteiger partial charge in [-0.25, -0.2) is 8.78 Å². The average Bonchev–Trinajstić information content (AvgIpc) is 3.19. The van der Waals surface area contributed by atoms with E-state index in [1.54, 1.807) is 0 Å². The predicted molar refractivity (Wildman–Crippen MR) is 63.1 cm³/mol. The predicted octanol–water partition coefficient (Wildman–Crippen LogP) is 2.31. The van der Waals surface area contributed by atoms with Crippen molar-refractivity contribution in [2.24, 2.45) is 0 Å². The van der Waals surface area contributed by atoms with Gasteiger partial charge < -0.3 is 10.0 Å². The Kier molecular flexibility index (Phi) is 3.78. The van der Waals surface area contributed by atoms with Gasteiger partial charge in [0.05, 0.1) is 0 Å². The number of carbonyl (C=O) groups is 2. The molecule has 0 saturated heterocycles. The van der Waals surface area contributed by atoms with E-state index in [0.717, 1.165) is 18.9 Å². The smallest absolute Gasteiger partial charge is 0.323 e. The van der Waals surface area contributed by atoms with Crippen LogP contribution in [0.25, 0.3) is 0 Å². The molecule has 19 heavy (non-hydrogen) atoms. The zero-order chi connectivity index (χ0) is 14.0. The number of benzene rings is 1. The van der Waals surface area contributed by atoms with Gasteiger partial charge in [-0.15, -0.1) is 0 Å². The standard InChI is InChI=1S/C13H13F2NO3/c14-12(15)8-2-1-3-9(6-8)13(19)16(7-11(17)18)10-4-5-10/h1-3,6,10,12H,4-5,7H2,(H,17,18). The molecule has 1 N–H and O–H groups in total. The van der Waals surface area contributed by atoms with Crippen LogP contribution in [0.5, 0.6) is 0 Å². The fourth-order valence-electron chi connectivity index (χ4n) is 1.87. The van der Waals surface area contributed by atoms with Crippen molar-refractivity contribution in [2.75, 3.05) is 6.54 Å². The first-order chi connectivity index (χ1) is 8.99. The number of nitrogens with zero attached hydrogens (tertiary/aromatic N) is 1. The number of carboxylic acid groups (broad SMARTS) is 1.